The minimum absolute atomic E-state index is 0.0340. The van der Waals surface area contributed by atoms with Gasteiger partial charge in [-0.05, 0) is 44.9 Å². The molecule has 0 spiro atoms. The Morgan fingerprint density at radius 1 is 0.469 bits per heavy atom. The lowest BCUT2D eigenvalue weighted by molar-refractivity contribution is -0.870. The minimum atomic E-state index is -4.64. The van der Waals surface area contributed by atoms with Crippen molar-refractivity contribution in [2.45, 2.75) is 264 Å². The van der Waals surface area contributed by atoms with Gasteiger partial charge in [0.05, 0.1) is 27.7 Å². The van der Waals surface area contributed by atoms with Crippen LogP contribution < -0.4 is 4.89 Å². The van der Waals surface area contributed by atoms with Gasteiger partial charge in [-0.1, -0.05) is 224 Å². The highest BCUT2D eigenvalue weighted by molar-refractivity contribution is 7.45. The molecule has 378 valence electrons. The quantitative estimate of drug-likeness (QED) is 0.0195. The smallest absolute Gasteiger partial charge is 0.306 e. The number of rotatable bonds is 50. The lowest BCUT2D eigenvalue weighted by Gasteiger charge is -2.28. The van der Waals surface area contributed by atoms with E-state index in [1.807, 2.05) is 21.1 Å². The summed E-state index contributed by atoms with van der Waals surface area (Å²) in [6.45, 7) is 4.24. The Bertz CT molecular complexity index is 1140. The van der Waals surface area contributed by atoms with Crippen LogP contribution in [-0.4, -0.2) is 70.0 Å². The highest BCUT2D eigenvalue weighted by Gasteiger charge is 2.21. The van der Waals surface area contributed by atoms with Gasteiger partial charge in [0, 0.05) is 12.8 Å². The number of phosphoric acid groups is 1. The molecule has 0 bridgehead atoms. The molecule has 0 aliphatic heterocycles. The van der Waals surface area contributed by atoms with E-state index in [4.69, 9.17) is 18.5 Å². The van der Waals surface area contributed by atoms with Crippen LogP contribution in [0.5, 0.6) is 0 Å². The summed E-state index contributed by atoms with van der Waals surface area (Å²) in [5.41, 5.74) is 0. The van der Waals surface area contributed by atoms with Crippen molar-refractivity contribution in [2.24, 2.45) is 0 Å². The van der Waals surface area contributed by atoms with Crippen LogP contribution in [0.4, 0.5) is 0 Å². The Morgan fingerprint density at radius 3 is 1.25 bits per heavy atom. The number of carbonyl (C=O) groups excluding carboxylic acids is 2. The number of ether oxygens (including phenoxy) is 2. The lowest BCUT2D eigenvalue weighted by Crippen LogP contribution is -2.37. The number of hydrogen-bond donors (Lipinski definition) is 0. The van der Waals surface area contributed by atoms with Gasteiger partial charge < -0.3 is 27.9 Å². The normalized spacial score (nSPS) is 13.5. The first-order valence-electron chi connectivity index (χ1n) is 27.0. The molecule has 0 fully saturated rings. The van der Waals surface area contributed by atoms with Crippen LogP contribution in [0.25, 0.3) is 0 Å². The highest BCUT2D eigenvalue weighted by atomic mass is 31.2. The van der Waals surface area contributed by atoms with Gasteiger partial charge in [-0.2, -0.15) is 0 Å². The standard InChI is InChI=1S/C54H104NO8P/c1-6-8-10-12-14-16-18-20-22-24-25-26-27-28-29-31-32-34-36-38-40-42-44-46-53(56)60-50-52(51-62-64(58,59)61-49-48-55(3,4)5)63-54(57)47-45-43-41-39-37-35-33-30-23-21-19-17-15-13-11-9-7-2/h31-32,38,40,52H,6-30,33-37,39,41-51H2,1-5H3/b32-31+,40-38+/t52-/m0/s1. The molecule has 0 amide bonds. The van der Waals surface area contributed by atoms with E-state index in [1.165, 1.54) is 180 Å². The first-order valence-corrected chi connectivity index (χ1v) is 28.5. The van der Waals surface area contributed by atoms with E-state index in [9.17, 15) is 19.0 Å². The van der Waals surface area contributed by atoms with Crippen molar-refractivity contribution in [3.05, 3.63) is 24.3 Å². The fourth-order valence-corrected chi connectivity index (χ4v) is 8.46. The van der Waals surface area contributed by atoms with E-state index in [0.717, 1.165) is 38.5 Å². The molecule has 2 atom stereocenters. The topological polar surface area (TPSA) is 111 Å². The second-order valence-corrected chi connectivity index (χ2v) is 21.0. The molecule has 10 heteroatoms. The van der Waals surface area contributed by atoms with E-state index in [0.29, 0.717) is 23.9 Å². The number of likely N-dealkylation sites (N-methyl/N-ethyl adjacent to an activating group) is 1. The minimum Gasteiger partial charge on any atom is -0.756 e. The molecule has 64 heavy (non-hydrogen) atoms. The average Bonchev–Trinajstić information content (AvgIpc) is 3.25. The van der Waals surface area contributed by atoms with E-state index < -0.39 is 32.5 Å². The van der Waals surface area contributed by atoms with Gasteiger partial charge in [-0.15, -0.1) is 0 Å². The molecule has 0 radical (unpaired) electrons. The first-order chi connectivity index (χ1) is 31.0. The molecule has 0 aliphatic rings. The van der Waals surface area contributed by atoms with E-state index in [2.05, 4.69) is 38.2 Å². The number of hydrogen-bond acceptors (Lipinski definition) is 8. The Labute approximate surface area is 396 Å². The molecule has 1 unspecified atom stereocenters. The van der Waals surface area contributed by atoms with Crippen LogP contribution in [0, 0.1) is 0 Å². The second kappa shape index (κ2) is 46.6. The first kappa shape index (κ1) is 62.5. The maximum Gasteiger partial charge on any atom is 0.306 e. The molecule has 0 aromatic carbocycles. The summed E-state index contributed by atoms with van der Waals surface area (Å²) in [6, 6.07) is 0. The van der Waals surface area contributed by atoms with E-state index >= 15 is 0 Å². The van der Waals surface area contributed by atoms with Crippen LogP contribution in [0.2, 0.25) is 0 Å². The van der Waals surface area contributed by atoms with Crippen molar-refractivity contribution in [3.63, 3.8) is 0 Å². The zero-order valence-corrected chi connectivity index (χ0v) is 43.6. The van der Waals surface area contributed by atoms with Crippen LogP contribution >= 0.6 is 7.82 Å². The Balaban J connectivity index is 4.23. The fraction of sp³-hybridized carbons (Fsp3) is 0.889. The number of quaternary nitrogens is 1. The fourth-order valence-electron chi connectivity index (χ4n) is 7.74. The predicted octanol–water partition coefficient (Wildman–Crippen LogP) is 15.6. The maximum absolute atomic E-state index is 12.7. The Morgan fingerprint density at radius 2 is 0.828 bits per heavy atom. The number of unbranched alkanes of at least 4 members (excludes halogenated alkanes) is 32. The van der Waals surface area contributed by atoms with Crippen molar-refractivity contribution in [2.75, 3.05) is 47.5 Å². The van der Waals surface area contributed by atoms with Gasteiger partial charge in [0.2, 0.25) is 0 Å². The molecule has 0 aromatic rings. The lowest BCUT2D eigenvalue weighted by atomic mass is 10.0. The van der Waals surface area contributed by atoms with Crippen molar-refractivity contribution in [3.8, 4) is 0 Å². The summed E-state index contributed by atoms with van der Waals surface area (Å²) in [4.78, 5) is 37.7. The summed E-state index contributed by atoms with van der Waals surface area (Å²) in [7, 11) is 1.16. The molecule has 0 saturated heterocycles. The molecule has 9 nitrogen and oxygen atoms in total. The van der Waals surface area contributed by atoms with Gasteiger partial charge >= 0.3 is 11.9 Å². The number of nitrogens with zero attached hydrogens (tertiary/aromatic N) is 1. The van der Waals surface area contributed by atoms with Gasteiger partial charge in [0.15, 0.2) is 6.10 Å². The van der Waals surface area contributed by atoms with Crippen molar-refractivity contribution in [1.29, 1.82) is 0 Å². The zero-order chi connectivity index (χ0) is 47.1. The van der Waals surface area contributed by atoms with Gasteiger partial charge in [0.1, 0.15) is 19.8 Å². The third kappa shape index (κ3) is 49.9. The molecule has 0 aromatic heterocycles. The van der Waals surface area contributed by atoms with Crippen LogP contribution in [0.15, 0.2) is 24.3 Å². The molecular formula is C54H104NO8P. The van der Waals surface area contributed by atoms with Crippen molar-refractivity contribution >= 4 is 19.8 Å². The van der Waals surface area contributed by atoms with Crippen LogP contribution in [-0.2, 0) is 32.7 Å². The number of esters is 2. The third-order valence-corrected chi connectivity index (χ3v) is 12.9. The van der Waals surface area contributed by atoms with Gasteiger partial charge in [-0.3, -0.25) is 14.2 Å². The molecule has 0 N–H and O–H groups in total. The molecule has 0 rings (SSSR count). The summed E-state index contributed by atoms with van der Waals surface area (Å²) >= 11 is 0. The monoisotopic (exact) mass is 926 g/mol. The summed E-state index contributed by atoms with van der Waals surface area (Å²) in [5, 5.41) is 0. The molecule has 0 aliphatic carbocycles. The van der Waals surface area contributed by atoms with Crippen LogP contribution in [0.1, 0.15) is 258 Å². The summed E-state index contributed by atoms with van der Waals surface area (Å²) in [5.74, 6) is -0.870. The molecule has 0 heterocycles. The number of allylic oxidation sites excluding steroid dienone is 4. The summed E-state index contributed by atoms with van der Waals surface area (Å²) < 4.78 is 34.0. The van der Waals surface area contributed by atoms with E-state index in [1.54, 1.807) is 0 Å². The van der Waals surface area contributed by atoms with Crippen molar-refractivity contribution < 1.29 is 42.1 Å². The predicted molar refractivity (Wildman–Crippen MR) is 268 cm³/mol. The largest absolute Gasteiger partial charge is 0.756 e. The van der Waals surface area contributed by atoms with E-state index in [-0.39, 0.29) is 26.1 Å². The highest BCUT2D eigenvalue weighted by Crippen LogP contribution is 2.38. The zero-order valence-electron chi connectivity index (χ0n) is 42.7. The van der Waals surface area contributed by atoms with Crippen LogP contribution in [0.3, 0.4) is 0 Å². The maximum atomic E-state index is 12.7. The van der Waals surface area contributed by atoms with Crippen molar-refractivity contribution in [1.82, 2.24) is 0 Å². The molecule has 0 saturated carbocycles. The average molecular weight is 926 g/mol. The Kier molecular flexibility index (Phi) is 45.5. The van der Waals surface area contributed by atoms with Gasteiger partial charge in [0.25, 0.3) is 7.82 Å². The molecular weight excluding hydrogens is 822 g/mol. The van der Waals surface area contributed by atoms with Gasteiger partial charge in [-0.25, -0.2) is 0 Å². The SMILES string of the molecule is CCCCCCCCCCCCCCCC/C=C/CC/C=C/CCCC(=O)OC[C@@H](COP(=O)([O-])OCC[N+](C)(C)C)OC(=O)CCCCCCCCCCCCCCCCCCC. The Hall–Kier alpha value is -1.51. The number of phosphoric ester groups is 1. The second-order valence-electron chi connectivity index (χ2n) is 19.6. The third-order valence-electron chi connectivity index (χ3n) is 12.0. The number of carbonyl (C=O) groups is 2. The summed E-state index contributed by atoms with van der Waals surface area (Å²) in [6.07, 6.45) is 53.7.